The number of hydrogen-bond acceptors (Lipinski definition) is 3. The van der Waals surface area contributed by atoms with Crippen molar-refractivity contribution in [3.8, 4) is 0 Å². The van der Waals surface area contributed by atoms with E-state index in [1.165, 1.54) is 6.42 Å². The fourth-order valence-corrected chi connectivity index (χ4v) is 2.49. The summed E-state index contributed by atoms with van der Waals surface area (Å²) in [5, 5.41) is 14.1. The van der Waals surface area contributed by atoms with E-state index in [-0.39, 0.29) is 24.2 Å². The van der Waals surface area contributed by atoms with Gasteiger partial charge in [-0.1, -0.05) is 25.4 Å². The first kappa shape index (κ1) is 12.8. The molecule has 0 aromatic carbocycles. The van der Waals surface area contributed by atoms with Crippen LogP contribution in [0.3, 0.4) is 0 Å². The Kier molecular flexibility index (Phi) is 4.58. The smallest absolute Gasteiger partial charge is 0.227 e. The Morgan fingerprint density at radius 3 is 2.75 bits per heavy atom. The number of amides is 1. The van der Waals surface area contributed by atoms with Crippen LogP contribution in [-0.2, 0) is 4.79 Å². The molecule has 0 aromatic heterocycles. The van der Waals surface area contributed by atoms with E-state index in [2.05, 4.69) is 24.3 Å². The SMILES string of the molecule is CCC1CCC(NC(=O)CC(N)=NO)C1C. The highest BCUT2D eigenvalue weighted by Gasteiger charge is 2.32. The predicted molar refractivity (Wildman–Crippen MR) is 62.1 cm³/mol. The van der Waals surface area contributed by atoms with E-state index in [0.717, 1.165) is 12.8 Å². The van der Waals surface area contributed by atoms with E-state index < -0.39 is 0 Å². The van der Waals surface area contributed by atoms with Gasteiger partial charge in [-0.05, 0) is 24.7 Å². The van der Waals surface area contributed by atoms with Crippen LogP contribution in [-0.4, -0.2) is 23.0 Å². The van der Waals surface area contributed by atoms with Crippen LogP contribution < -0.4 is 11.1 Å². The van der Waals surface area contributed by atoms with Gasteiger partial charge in [0.05, 0.1) is 6.42 Å². The van der Waals surface area contributed by atoms with Gasteiger partial charge in [-0.3, -0.25) is 4.79 Å². The van der Waals surface area contributed by atoms with Crippen LogP contribution in [0.2, 0.25) is 0 Å². The molecule has 3 atom stereocenters. The van der Waals surface area contributed by atoms with Crippen LogP contribution in [0.5, 0.6) is 0 Å². The van der Waals surface area contributed by atoms with Gasteiger partial charge < -0.3 is 16.3 Å². The maximum Gasteiger partial charge on any atom is 0.227 e. The molecule has 1 aliphatic carbocycles. The molecule has 3 unspecified atom stereocenters. The van der Waals surface area contributed by atoms with Crippen LogP contribution in [0.25, 0.3) is 0 Å². The lowest BCUT2D eigenvalue weighted by Gasteiger charge is -2.20. The number of nitrogens with one attached hydrogen (secondary N) is 1. The summed E-state index contributed by atoms with van der Waals surface area (Å²) >= 11 is 0. The van der Waals surface area contributed by atoms with Crippen LogP contribution >= 0.6 is 0 Å². The Labute approximate surface area is 96.1 Å². The average molecular weight is 227 g/mol. The molecule has 92 valence electrons. The Bertz CT molecular complexity index is 278. The second-order valence-corrected chi connectivity index (χ2v) is 4.55. The minimum absolute atomic E-state index is 0.0312. The summed E-state index contributed by atoms with van der Waals surface area (Å²) < 4.78 is 0. The lowest BCUT2D eigenvalue weighted by Crippen LogP contribution is -2.39. The standard InChI is InChI=1S/C11H21N3O2/c1-3-8-4-5-9(7(8)2)13-11(15)6-10(12)14-16/h7-9,16H,3-6H2,1-2H3,(H2,12,14)(H,13,15). The molecule has 0 aliphatic heterocycles. The largest absolute Gasteiger partial charge is 0.409 e. The molecule has 0 saturated heterocycles. The highest BCUT2D eigenvalue weighted by molar-refractivity contribution is 5.98. The van der Waals surface area contributed by atoms with Gasteiger partial charge in [0.15, 0.2) is 0 Å². The highest BCUT2D eigenvalue weighted by Crippen LogP contribution is 2.33. The summed E-state index contributed by atoms with van der Waals surface area (Å²) in [4.78, 5) is 11.5. The number of nitrogens with zero attached hydrogens (tertiary/aromatic N) is 1. The first-order valence-electron chi connectivity index (χ1n) is 5.84. The first-order valence-corrected chi connectivity index (χ1v) is 5.84. The molecule has 5 nitrogen and oxygen atoms in total. The van der Waals surface area contributed by atoms with Gasteiger partial charge in [0.2, 0.25) is 5.91 Å². The summed E-state index contributed by atoms with van der Waals surface area (Å²) in [6, 6.07) is 0.240. The summed E-state index contributed by atoms with van der Waals surface area (Å²) in [5.74, 6) is 1.01. The maximum atomic E-state index is 11.5. The molecular weight excluding hydrogens is 206 g/mol. The Hall–Kier alpha value is -1.26. The molecule has 4 N–H and O–H groups in total. The summed E-state index contributed by atoms with van der Waals surface area (Å²) in [5.41, 5.74) is 5.28. The minimum Gasteiger partial charge on any atom is -0.409 e. The lowest BCUT2D eigenvalue weighted by molar-refractivity contribution is -0.120. The van der Waals surface area contributed by atoms with Crippen molar-refractivity contribution in [1.29, 1.82) is 0 Å². The molecule has 1 fully saturated rings. The van der Waals surface area contributed by atoms with Crippen LogP contribution in [0.4, 0.5) is 0 Å². The maximum absolute atomic E-state index is 11.5. The molecule has 0 spiro atoms. The zero-order chi connectivity index (χ0) is 12.1. The lowest BCUT2D eigenvalue weighted by atomic mass is 9.93. The molecule has 0 heterocycles. The second kappa shape index (κ2) is 5.72. The molecule has 1 amide bonds. The van der Waals surface area contributed by atoms with Crippen LogP contribution in [0, 0.1) is 11.8 Å². The van der Waals surface area contributed by atoms with Crippen molar-refractivity contribution < 1.29 is 10.0 Å². The van der Waals surface area contributed by atoms with Gasteiger partial charge in [-0.2, -0.15) is 0 Å². The van der Waals surface area contributed by atoms with E-state index in [1.54, 1.807) is 0 Å². The number of carbonyl (C=O) groups is 1. The number of rotatable bonds is 4. The third-order valence-corrected chi connectivity index (χ3v) is 3.57. The average Bonchev–Trinajstić information content (AvgIpc) is 2.59. The Balaban J connectivity index is 2.41. The van der Waals surface area contributed by atoms with E-state index in [4.69, 9.17) is 10.9 Å². The minimum atomic E-state index is -0.163. The van der Waals surface area contributed by atoms with Crippen molar-refractivity contribution in [2.45, 2.75) is 45.6 Å². The second-order valence-electron chi connectivity index (χ2n) is 4.55. The molecule has 1 aliphatic rings. The number of amidine groups is 1. The van der Waals surface area contributed by atoms with Crippen molar-refractivity contribution in [3.63, 3.8) is 0 Å². The number of hydrogen-bond donors (Lipinski definition) is 3. The zero-order valence-corrected chi connectivity index (χ0v) is 9.94. The third kappa shape index (κ3) is 3.12. The molecule has 5 heteroatoms. The van der Waals surface area contributed by atoms with Gasteiger partial charge in [0.25, 0.3) is 0 Å². The monoisotopic (exact) mass is 227 g/mol. The van der Waals surface area contributed by atoms with Gasteiger partial charge in [0.1, 0.15) is 5.84 Å². The van der Waals surface area contributed by atoms with E-state index in [9.17, 15) is 4.79 Å². The summed E-state index contributed by atoms with van der Waals surface area (Å²) in [6.45, 7) is 4.36. The van der Waals surface area contributed by atoms with Crippen molar-refractivity contribution in [2.24, 2.45) is 22.7 Å². The van der Waals surface area contributed by atoms with Crippen LogP contribution in [0.1, 0.15) is 39.5 Å². The number of oxime groups is 1. The summed E-state index contributed by atoms with van der Waals surface area (Å²) in [6.07, 6.45) is 3.33. The fraction of sp³-hybridized carbons (Fsp3) is 0.818. The molecule has 1 saturated carbocycles. The van der Waals surface area contributed by atoms with Crippen molar-refractivity contribution in [3.05, 3.63) is 0 Å². The predicted octanol–water partition coefficient (Wildman–Crippen LogP) is 1.06. The number of carbonyl (C=O) groups excluding carboxylic acids is 1. The van der Waals surface area contributed by atoms with E-state index in [1.807, 2.05) is 0 Å². The Morgan fingerprint density at radius 2 is 2.25 bits per heavy atom. The number of nitrogens with two attached hydrogens (primary N) is 1. The van der Waals surface area contributed by atoms with Gasteiger partial charge in [-0.15, -0.1) is 0 Å². The molecule has 0 bridgehead atoms. The molecule has 0 aromatic rings. The van der Waals surface area contributed by atoms with Crippen molar-refractivity contribution >= 4 is 11.7 Å². The van der Waals surface area contributed by atoms with Crippen LogP contribution in [0.15, 0.2) is 5.16 Å². The topological polar surface area (TPSA) is 87.7 Å². The third-order valence-electron chi connectivity index (χ3n) is 3.57. The van der Waals surface area contributed by atoms with Crippen molar-refractivity contribution in [1.82, 2.24) is 5.32 Å². The normalized spacial score (nSPS) is 30.4. The Morgan fingerprint density at radius 1 is 1.56 bits per heavy atom. The fourth-order valence-electron chi connectivity index (χ4n) is 2.49. The molecule has 0 radical (unpaired) electrons. The summed E-state index contributed by atoms with van der Waals surface area (Å²) in [7, 11) is 0. The van der Waals surface area contributed by atoms with Crippen molar-refractivity contribution in [2.75, 3.05) is 0 Å². The van der Waals surface area contributed by atoms with E-state index in [0.29, 0.717) is 11.8 Å². The van der Waals surface area contributed by atoms with Gasteiger partial charge in [-0.25, -0.2) is 0 Å². The highest BCUT2D eigenvalue weighted by atomic mass is 16.4. The van der Waals surface area contributed by atoms with Gasteiger partial charge in [0, 0.05) is 6.04 Å². The zero-order valence-electron chi connectivity index (χ0n) is 9.94. The quantitative estimate of drug-likeness (QED) is 0.290. The molecule has 16 heavy (non-hydrogen) atoms. The molecular formula is C11H21N3O2. The first-order chi connectivity index (χ1) is 7.58. The van der Waals surface area contributed by atoms with Gasteiger partial charge >= 0.3 is 0 Å². The molecule has 1 rings (SSSR count). The van der Waals surface area contributed by atoms with E-state index >= 15 is 0 Å².